The lowest BCUT2D eigenvalue weighted by Gasteiger charge is -2.11. The minimum Gasteiger partial charge on any atom is -0.508 e. The Morgan fingerprint density at radius 3 is 2.29 bits per heavy atom. The summed E-state index contributed by atoms with van der Waals surface area (Å²) >= 11 is 0. The Morgan fingerprint density at radius 1 is 1.19 bits per heavy atom. The lowest BCUT2D eigenvalue weighted by atomic mass is 10.1. The number of benzene rings is 1. The molecule has 8 heteroatoms. The van der Waals surface area contributed by atoms with Crippen molar-refractivity contribution in [2.45, 2.75) is 25.0 Å². The van der Waals surface area contributed by atoms with E-state index in [-0.39, 0.29) is 12.2 Å². The predicted molar refractivity (Wildman–Crippen MR) is 69.1 cm³/mol. The highest BCUT2D eigenvalue weighted by Gasteiger charge is 2.23. The highest BCUT2D eigenvalue weighted by Crippen LogP contribution is 2.11. The fourth-order valence-electron chi connectivity index (χ4n) is 1.44. The molecule has 0 saturated carbocycles. The van der Waals surface area contributed by atoms with Crippen molar-refractivity contribution in [2.75, 3.05) is 0 Å². The average molecular weight is 297 g/mol. The number of aliphatic carboxylic acids is 1. The molecule has 0 fully saturated rings. The van der Waals surface area contributed by atoms with Crippen LogP contribution in [0.2, 0.25) is 0 Å². The molecule has 0 saturated heterocycles. The number of aromatic hydroxyl groups is 1. The molecule has 0 heterocycles. The summed E-state index contributed by atoms with van der Waals surface area (Å²) in [6.07, 6.45) is -2.69. The molecule has 0 aliphatic carbocycles. The zero-order valence-electron chi connectivity index (χ0n) is 10.9. The number of hydrogen-bond donors (Lipinski definition) is 4. The summed E-state index contributed by atoms with van der Waals surface area (Å²) < 4.78 is 4.35. The van der Waals surface area contributed by atoms with E-state index in [1.54, 1.807) is 12.1 Å². The number of carboxylic acid groups (broad SMARTS) is 1. The van der Waals surface area contributed by atoms with Gasteiger partial charge in [0, 0.05) is 0 Å². The molecular formula is C13H15NO7. The van der Waals surface area contributed by atoms with Crippen molar-refractivity contribution in [3.63, 3.8) is 0 Å². The van der Waals surface area contributed by atoms with Crippen LogP contribution in [0.4, 0.5) is 0 Å². The third-order valence-corrected chi connectivity index (χ3v) is 2.55. The zero-order chi connectivity index (χ0) is 16.0. The standard InChI is InChI=1S/C13H15NO7/c14-9(5-7-1-3-8(15)4-2-7)13(20)21-11(17)6-10(16)12(18)19/h1-4,9-10,15-16H,5-6,14H2,(H,18,19)/t9-,10?/m0/s1. The summed E-state index contributed by atoms with van der Waals surface area (Å²) in [5.41, 5.74) is 6.21. The van der Waals surface area contributed by atoms with E-state index in [1.807, 2.05) is 0 Å². The Labute approximate surface area is 119 Å². The molecule has 1 unspecified atom stereocenters. The Hall–Kier alpha value is -2.45. The summed E-state index contributed by atoms with van der Waals surface area (Å²) in [5, 5.41) is 26.5. The van der Waals surface area contributed by atoms with Crippen molar-refractivity contribution in [2.24, 2.45) is 5.73 Å². The summed E-state index contributed by atoms with van der Waals surface area (Å²) in [5.74, 6) is -3.72. The monoisotopic (exact) mass is 297 g/mol. The fourth-order valence-corrected chi connectivity index (χ4v) is 1.44. The highest BCUT2D eigenvalue weighted by molar-refractivity contribution is 5.90. The molecule has 21 heavy (non-hydrogen) atoms. The quantitative estimate of drug-likeness (QED) is 0.393. The Kier molecular flexibility index (Phi) is 5.82. The third-order valence-electron chi connectivity index (χ3n) is 2.55. The van der Waals surface area contributed by atoms with E-state index in [0.29, 0.717) is 5.56 Å². The first-order valence-electron chi connectivity index (χ1n) is 5.98. The average Bonchev–Trinajstić information content (AvgIpc) is 2.40. The minimum absolute atomic E-state index is 0.0627. The van der Waals surface area contributed by atoms with Crippen LogP contribution in [0.3, 0.4) is 0 Å². The van der Waals surface area contributed by atoms with Gasteiger partial charge < -0.3 is 25.8 Å². The number of aliphatic hydroxyl groups excluding tert-OH is 1. The Morgan fingerprint density at radius 2 is 1.76 bits per heavy atom. The summed E-state index contributed by atoms with van der Waals surface area (Å²) in [6, 6.07) is 4.82. The van der Waals surface area contributed by atoms with Gasteiger partial charge in [0.1, 0.15) is 11.8 Å². The second kappa shape index (κ2) is 7.36. The van der Waals surface area contributed by atoms with Crippen LogP contribution in [-0.4, -0.2) is 45.4 Å². The third kappa shape index (κ3) is 5.59. The molecule has 1 rings (SSSR count). The fraction of sp³-hybridized carbons (Fsp3) is 0.308. The van der Waals surface area contributed by atoms with E-state index in [1.165, 1.54) is 12.1 Å². The van der Waals surface area contributed by atoms with Crippen molar-refractivity contribution in [1.29, 1.82) is 0 Å². The molecule has 1 aromatic carbocycles. The molecule has 0 radical (unpaired) electrons. The first-order chi connectivity index (χ1) is 9.79. The number of ether oxygens (including phenoxy) is 1. The van der Waals surface area contributed by atoms with Gasteiger partial charge in [0.2, 0.25) is 0 Å². The summed E-state index contributed by atoms with van der Waals surface area (Å²) in [7, 11) is 0. The normalized spacial score (nSPS) is 13.2. The van der Waals surface area contributed by atoms with Crippen LogP contribution in [-0.2, 0) is 25.5 Å². The van der Waals surface area contributed by atoms with E-state index < -0.39 is 36.5 Å². The number of hydrogen-bond acceptors (Lipinski definition) is 7. The van der Waals surface area contributed by atoms with Gasteiger partial charge in [-0.3, -0.25) is 4.79 Å². The molecule has 8 nitrogen and oxygen atoms in total. The molecule has 0 aliphatic heterocycles. The maximum atomic E-state index is 11.5. The lowest BCUT2D eigenvalue weighted by Crippen LogP contribution is -2.36. The van der Waals surface area contributed by atoms with Crippen LogP contribution >= 0.6 is 0 Å². The van der Waals surface area contributed by atoms with Gasteiger partial charge in [0.25, 0.3) is 0 Å². The van der Waals surface area contributed by atoms with Crippen LogP contribution in [0.1, 0.15) is 12.0 Å². The molecule has 2 atom stereocenters. The summed E-state index contributed by atoms with van der Waals surface area (Å²) in [4.78, 5) is 33.1. The minimum atomic E-state index is -1.93. The number of phenols is 1. The molecule has 0 aliphatic rings. The molecule has 114 valence electrons. The van der Waals surface area contributed by atoms with Gasteiger partial charge in [-0.15, -0.1) is 0 Å². The van der Waals surface area contributed by atoms with E-state index >= 15 is 0 Å². The SMILES string of the molecule is N[C@@H](Cc1ccc(O)cc1)C(=O)OC(=O)CC(O)C(=O)O. The van der Waals surface area contributed by atoms with E-state index in [0.717, 1.165) is 0 Å². The molecular weight excluding hydrogens is 282 g/mol. The zero-order valence-corrected chi connectivity index (χ0v) is 10.9. The van der Waals surface area contributed by atoms with Gasteiger partial charge in [-0.25, -0.2) is 9.59 Å². The summed E-state index contributed by atoms with van der Waals surface area (Å²) in [6.45, 7) is 0. The molecule has 0 amide bonds. The van der Waals surface area contributed by atoms with Crippen molar-refractivity contribution in [1.82, 2.24) is 0 Å². The number of nitrogens with two attached hydrogens (primary N) is 1. The van der Waals surface area contributed by atoms with Crippen LogP contribution in [0.5, 0.6) is 5.75 Å². The largest absolute Gasteiger partial charge is 0.508 e. The topological polar surface area (TPSA) is 147 Å². The van der Waals surface area contributed by atoms with Crippen molar-refractivity contribution >= 4 is 17.9 Å². The van der Waals surface area contributed by atoms with Gasteiger partial charge in [-0.05, 0) is 24.1 Å². The second-order valence-corrected chi connectivity index (χ2v) is 4.33. The number of carbonyl (C=O) groups is 3. The van der Waals surface area contributed by atoms with Gasteiger partial charge in [0.05, 0.1) is 6.42 Å². The van der Waals surface area contributed by atoms with Crippen LogP contribution in [0, 0.1) is 0 Å². The molecule has 0 spiro atoms. The lowest BCUT2D eigenvalue weighted by molar-refractivity contribution is -0.165. The number of aliphatic hydroxyl groups is 1. The molecule has 0 aromatic heterocycles. The smallest absolute Gasteiger partial charge is 0.333 e. The van der Waals surface area contributed by atoms with Gasteiger partial charge in [0.15, 0.2) is 6.10 Å². The van der Waals surface area contributed by atoms with E-state index in [4.69, 9.17) is 21.1 Å². The maximum Gasteiger partial charge on any atom is 0.333 e. The van der Waals surface area contributed by atoms with Gasteiger partial charge >= 0.3 is 17.9 Å². The predicted octanol–water partition coefficient (Wildman–Crippen LogP) is -0.833. The number of carbonyl (C=O) groups excluding carboxylic acids is 2. The molecule has 1 aromatic rings. The van der Waals surface area contributed by atoms with Gasteiger partial charge in [-0.2, -0.15) is 0 Å². The number of phenolic OH excluding ortho intramolecular Hbond substituents is 1. The number of esters is 2. The van der Waals surface area contributed by atoms with Gasteiger partial charge in [-0.1, -0.05) is 12.1 Å². The Bertz CT molecular complexity index is 526. The van der Waals surface area contributed by atoms with E-state index in [9.17, 15) is 14.4 Å². The first kappa shape index (κ1) is 16.6. The van der Waals surface area contributed by atoms with Crippen LogP contribution in [0.15, 0.2) is 24.3 Å². The van der Waals surface area contributed by atoms with Crippen molar-refractivity contribution in [3.8, 4) is 5.75 Å². The molecule has 5 N–H and O–H groups in total. The number of carboxylic acids is 1. The highest BCUT2D eigenvalue weighted by atomic mass is 16.6. The first-order valence-corrected chi connectivity index (χ1v) is 5.98. The Balaban J connectivity index is 2.49. The van der Waals surface area contributed by atoms with Crippen molar-refractivity contribution in [3.05, 3.63) is 29.8 Å². The maximum absolute atomic E-state index is 11.5. The van der Waals surface area contributed by atoms with Crippen LogP contribution in [0.25, 0.3) is 0 Å². The van der Waals surface area contributed by atoms with Crippen LogP contribution < -0.4 is 5.73 Å². The van der Waals surface area contributed by atoms with Crippen molar-refractivity contribution < 1.29 is 34.4 Å². The molecule has 0 bridgehead atoms. The number of rotatable bonds is 6. The van der Waals surface area contributed by atoms with E-state index in [2.05, 4.69) is 4.74 Å². The second-order valence-electron chi connectivity index (χ2n) is 4.33.